The van der Waals surface area contributed by atoms with E-state index in [0.717, 1.165) is 11.1 Å². The first-order valence-electron chi connectivity index (χ1n) is 10.5. The van der Waals surface area contributed by atoms with Gasteiger partial charge in [0.2, 0.25) is 5.95 Å². The van der Waals surface area contributed by atoms with Crippen LogP contribution >= 0.6 is 0 Å². The van der Waals surface area contributed by atoms with Crippen LogP contribution in [-0.2, 0) is 11.0 Å². The molecule has 0 saturated carbocycles. The number of benzene rings is 2. The summed E-state index contributed by atoms with van der Waals surface area (Å²) >= 11 is 0. The molecule has 0 amide bonds. The fraction of sp³-hybridized carbons (Fsp3) is 0.292. The highest BCUT2D eigenvalue weighted by Gasteiger charge is 2.43. The molecule has 2 aliphatic rings. The van der Waals surface area contributed by atoms with Crippen molar-refractivity contribution in [1.29, 1.82) is 0 Å². The topological polar surface area (TPSA) is 69.0 Å². The number of nitrogens with zero attached hydrogens (tertiary/aromatic N) is 3. The molecule has 2 unspecified atom stereocenters. The van der Waals surface area contributed by atoms with Crippen molar-refractivity contribution < 1.29 is 22.7 Å². The molecule has 1 aliphatic carbocycles. The number of nitrogens with one attached hydrogen (secondary N) is 1. The summed E-state index contributed by atoms with van der Waals surface area (Å²) in [4.78, 5) is 17.1. The number of Topliss-reactive ketones (excluding diaryl/α,β-unsaturated/α-hetero) is 1. The smallest absolute Gasteiger partial charge is 0.453 e. The largest absolute Gasteiger partial charge is 0.497 e. The summed E-state index contributed by atoms with van der Waals surface area (Å²) in [5, 5.41) is 6.73. The van der Waals surface area contributed by atoms with Gasteiger partial charge in [0.25, 0.3) is 5.82 Å². The molecule has 33 heavy (non-hydrogen) atoms. The Morgan fingerprint density at radius 2 is 1.85 bits per heavy atom. The molecule has 2 atom stereocenters. The number of ether oxygens (including phenoxy) is 1. The number of alkyl halides is 3. The maximum atomic E-state index is 13.4. The minimum atomic E-state index is -4.70. The van der Waals surface area contributed by atoms with E-state index in [1.165, 1.54) is 4.68 Å². The molecule has 0 radical (unpaired) electrons. The van der Waals surface area contributed by atoms with Crippen LogP contribution in [0.5, 0.6) is 5.75 Å². The third-order valence-electron chi connectivity index (χ3n) is 6.12. The van der Waals surface area contributed by atoms with Crippen molar-refractivity contribution in [2.24, 2.45) is 0 Å². The predicted molar refractivity (Wildman–Crippen MR) is 115 cm³/mol. The molecule has 0 fully saturated rings. The SMILES string of the molecule is COc1ccc(C2CC(=O)C3=C(C2)Nc2nc(C(F)(F)F)nn2C3c2cccc(C)c2)cc1. The number of halogens is 3. The van der Waals surface area contributed by atoms with Crippen molar-refractivity contribution in [2.45, 2.75) is 37.9 Å². The average molecular weight is 454 g/mol. The number of allylic oxidation sites excluding steroid dienone is 2. The van der Waals surface area contributed by atoms with E-state index in [1.807, 2.05) is 49.4 Å². The number of anilines is 1. The number of methoxy groups -OCH3 is 1. The Morgan fingerprint density at radius 1 is 1.09 bits per heavy atom. The number of carbonyl (C=O) groups excluding carboxylic acids is 1. The van der Waals surface area contributed by atoms with Gasteiger partial charge in [-0.1, -0.05) is 42.0 Å². The Hall–Kier alpha value is -3.62. The van der Waals surface area contributed by atoms with E-state index in [0.29, 0.717) is 29.0 Å². The van der Waals surface area contributed by atoms with Crippen molar-refractivity contribution in [2.75, 3.05) is 12.4 Å². The van der Waals surface area contributed by atoms with E-state index < -0.39 is 18.0 Å². The lowest BCUT2D eigenvalue weighted by molar-refractivity contribution is -0.145. The summed E-state index contributed by atoms with van der Waals surface area (Å²) in [6.07, 6.45) is -3.96. The fourth-order valence-corrected chi connectivity index (χ4v) is 4.59. The number of hydrogen-bond donors (Lipinski definition) is 1. The minimum Gasteiger partial charge on any atom is -0.497 e. The first-order valence-corrected chi connectivity index (χ1v) is 10.5. The maximum Gasteiger partial charge on any atom is 0.453 e. The van der Waals surface area contributed by atoms with E-state index in [1.54, 1.807) is 13.2 Å². The van der Waals surface area contributed by atoms with E-state index >= 15 is 0 Å². The van der Waals surface area contributed by atoms with Gasteiger partial charge in [0.05, 0.1) is 7.11 Å². The summed E-state index contributed by atoms with van der Waals surface area (Å²) in [5.74, 6) is -0.767. The highest BCUT2D eigenvalue weighted by atomic mass is 19.4. The third kappa shape index (κ3) is 3.77. The molecular weight excluding hydrogens is 433 g/mol. The molecule has 2 heterocycles. The van der Waals surface area contributed by atoms with Crippen LogP contribution in [0.25, 0.3) is 0 Å². The number of rotatable bonds is 3. The second-order valence-electron chi connectivity index (χ2n) is 8.34. The monoisotopic (exact) mass is 454 g/mol. The van der Waals surface area contributed by atoms with Crippen LogP contribution in [0.4, 0.5) is 19.1 Å². The molecule has 1 N–H and O–H groups in total. The van der Waals surface area contributed by atoms with Gasteiger partial charge in [-0.25, -0.2) is 4.68 Å². The summed E-state index contributed by atoms with van der Waals surface area (Å²) < 4.78 is 46.6. The quantitative estimate of drug-likeness (QED) is 0.601. The Balaban J connectivity index is 1.60. The van der Waals surface area contributed by atoms with Gasteiger partial charge in [0.1, 0.15) is 11.8 Å². The second-order valence-corrected chi connectivity index (χ2v) is 8.34. The lowest BCUT2D eigenvalue weighted by Gasteiger charge is -2.35. The lowest BCUT2D eigenvalue weighted by atomic mass is 9.78. The van der Waals surface area contributed by atoms with E-state index in [4.69, 9.17) is 4.74 Å². The second kappa shape index (κ2) is 7.75. The Morgan fingerprint density at radius 3 is 2.52 bits per heavy atom. The number of aromatic nitrogens is 3. The van der Waals surface area contributed by atoms with Gasteiger partial charge in [-0.2, -0.15) is 18.2 Å². The maximum absolute atomic E-state index is 13.4. The zero-order valence-electron chi connectivity index (χ0n) is 18.0. The number of carbonyl (C=O) groups is 1. The van der Waals surface area contributed by atoms with Crippen LogP contribution < -0.4 is 10.1 Å². The Bertz CT molecular complexity index is 1260. The van der Waals surface area contributed by atoms with Crippen molar-refractivity contribution in [3.63, 3.8) is 0 Å². The Kier molecular flexibility index (Phi) is 4.99. The highest BCUT2D eigenvalue weighted by Crippen LogP contribution is 2.45. The lowest BCUT2D eigenvalue weighted by Crippen LogP contribution is -2.33. The molecule has 1 aliphatic heterocycles. The van der Waals surface area contributed by atoms with Gasteiger partial charge >= 0.3 is 6.18 Å². The molecule has 170 valence electrons. The number of fused-ring (bicyclic) bond motifs is 1. The number of aryl methyl sites for hydroxylation is 1. The van der Waals surface area contributed by atoms with Crippen molar-refractivity contribution in [1.82, 2.24) is 14.8 Å². The van der Waals surface area contributed by atoms with Gasteiger partial charge in [-0.15, -0.1) is 5.10 Å². The third-order valence-corrected chi connectivity index (χ3v) is 6.12. The Labute approximate surface area is 188 Å². The molecule has 0 bridgehead atoms. The predicted octanol–water partition coefficient (Wildman–Crippen LogP) is 5.03. The number of ketones is 1. The highest BCUT2D eigenvalue weighted by molar-refractivity contribution is 6.00. The molecule has 5 rings (SSSR count). The van der Waals surface area contributed by atoms with Crippen molar-refractivity contribution in [3.8, 4) is 5.75 Å². The fourth-order valence-electron chi connectivity index (χ4n) is 4.59. The van der Waals surface area contributed by atoms with Crippen LogP contribution in [0.3, 0.4) is 0 Å². The molecule has 0 spiro atoms. The summed E-state index contributed by atoms with van der Waals surface area (Å²) in [5.41, 5.74) is 3.63. The van der Waals surface area contributed by atoms with Crippen molar-refractivity contribution in [3.05, 3.63) is 82.3 Å². The van der Waals surface area contributed by atoms with Crippen LogP contribution in [0.1, 0.15) is 47.3 Å². The van der Waals surface area contributed by atoms with Crippen LogP contribution in [0.2, 0.25) is 0 Å². The van der Waals surface area contributed by atoms with E-state index in [-0.39, 0.29) is 24.1 Å². The van der Waals surface area contributed by atoms with Gasteiger partial charge in [0, 0.05) is 17.7 Å². The summed E-state index contributed by atoms with van der Waals surface area (Å²) in [6, 6.07) is 14.1. The standard InChI is InChI=1S/C24H21F3N4O2/c1-13-4-3-5-15(10-13)21-20-18(28-23-29-22(24(25,26)27)30-31(21)23)11-16(12-19(20)32)14-6-8-17(33-2)9-7-14/h3-10,16,21H,11-12H2,1-2H3,(H,28,29,30). The molecule has 3 aromatic rings. The molecule has 1 aromatic heterocycles. The first kappa shape index (κ1) is 21.2. The molecule has 0 saturated heterocycles. The van der Waals surface area contributed by atoms with Gasteiger partial charge in [-0.3, -0.25) is 4.79 Å². The van der Waals surface area contributed by atoms with Crippen molar-refractivity contribution >= 4 is 11.7 Å². The first-order chi connectivity index (χ1) is 15.7. The molecule has 2 aromatic carbocycles. The van der Waals surface area contributed by atoms with Gasteiger partial charge in [-0.05, 0) is 42.5 Å². The minimum absolute atomic E-state index is 0.0178. The summed E-state index contributed by atoms with van der Waals surface area (Å²) in [6.45, 7) is 1.89. The molecular formula is C24H21F3N4O2. The van der Waals surface area contributed by atoms with Crippen LogP contribution in [0, 0.1) is 6.92 Å². The summed E-state index contributed by atoms with van der Waals surface area (Å²) in [7, 11) is 1.58. The van der Waals surface area contributed by atoms with Gasteiger partial charge < -0.3 is 10.1 Å². The molecule has 6 nitrogen and oxygen atoms in total. The zero-order valence-corrected chi connectivity index (χ0v) is 18.0. The zero-order chi connectivity index (χ0) is 23.3. The molecule has 9 heteroatoms. The normalized spacial score (nSPS) is 20.2. The van der Waals surface area contributed by atoms with E-state index in [9.17, 15) is 18.0 Å². The van der Waals surface area contributed by atoms with Crippen LogP contribution in [0.15, 0.2) is 59.8 Å². The average Bonchev–Trinajstić information content (AvgIpc) is 3.22. The van der Waals surface area contributed by atoms with E-state index in [2.05, 4.69) is 15.4 Å². The van der Waals surface area contributed by atoms with Crippen LogP contribution in [-0.4, -0.2) is 27.7 Å². The number of hydrogen-bond acceptors (Lipinski definition) is 5. The van der Waals surface area contributed by atoms with Gasteiger partial charge in [0.15, 0.2) is 5.78 Å².